The summed E-state index contributed by atoms with van der Waals surface area (Å²) in [6, 6.07) is 0. The van der Waals surface area contributed by atoms with E-state index in [4.69, 9.17) is 4.76 Å². The molecule has 1 unspecified atom stereocenters. The monoisotopic (exact) mass is 392 g/mol. The zero-order valence-electron chi connectivity index (χ0n) is 18.4. The van der Waals surface area contributed by atoms with E-state index >= 15 is 0 Å². The molecule has 1 saturated heterocycles. The molecule has 25 heavy (non-hydrogen) atoms. The SMILES string of the molecule is CN(C)P1CCC(N(C)C)(N(C)C)C1=N[P+](N(C)C)(N(C)C)N(C)C. The highest BCUT2D eigenvalue weighted by Gasteiger charge is 2.56. The molecule has 1 heterocycles. The van der Waals surface area contributed by atoms with E-state index in [1.807, 2.05) is 0 Å². The lowest BCUT2D eigenvalue weighted by Gasteiger charge is -2.44. The van der Waals surface area contributed by atoms with Crippen molar-refractivity contribution in [3.8, 4) is 0 Å². The van der Waals surface area contributed by atoms with Gasteiger partial charge >= 0.3 is 7.87 Å². The number of rotatable bonds is 7. The molecule has 1 atom stereocenters. The van der Waals surface area contributed by atoms with Crippen LogP contribution in [-0.4, -0.2) is 130 Å². The van der Waals surface area contributed by atoms with Gasteiger partial charge in [-0.25, -0.2) is 0 Å². The van der Waals surface area contributed by atoms with Gasteiger partial charge in [0.25, 0.3) is 0 Å². The van der Waals surface area contributed by atoms with Crippen LogP contribution >= 0.6 is 15.9 Å². The summed E-state index contributed by atoms with van der Waals surface area (Å²) in [7, 11) is 23.7. The summed E-state index contributed by atoms with van der Waals surface area (Å²) in [4.78, 5) is 4.71. The van der Waals surface area contributed by atoms with Gasteiger partial charge in [0, 0.05) is 50.4 Å². The van der Waals surface area contributed by atoms with Gasteiger partial charge in [-0.15, -0.1) is 14.0 Å². The second-order valence-electron chi connectivity index (χ2n) is 7.83. The average molecular weight is 392 g/mol. The predicted octanol–water partition coefficient (Wildman–Crippen LogP) is 1.93. The van der Waals surface area contributed by atoms with Crippen LogP contribution in [0.4, 0.5) is 0 Å². The van der Waals surface area contributed by atoms with E-state index in [2.05, 4.69) is 113 Å². The molecule has 0 amide bonds. The number of nitrogens with zero attached hydrogens (tertiary/aromatic N) is 7. The summed E-state index contributed by atoms with van der Waals surface area (Å²) in [6.45, 7) is 0. The first kappa shape index (κ1) is 23.3. The van der Waals surface area contributed by atoms with Gasteiger partial charge < -0.3 is 0 Å². The largest absolute Gasteiger partial charge is 0.353 e. The maximum absolute atomic E-state index is 5.61. The maximum Gasteiger partial charge on any atom is 0.353 e. The zero-order valence-corrected chi connectivity index (χ0v) is 20.2. The Morgan fingerprint density at radius 3 is 1.44 bits per heavy atom. The molecule has 0 N–H and O–H groups in total. The van der Waals surface area contributed by atoms with Gasteiger partial charge in [-0.3, -0.25) is 14.5 Å². The van der Waals surface area contributed by atoms with E-state index in [0.717, 1.165) is 6.42 Å². The summed E-state index contributed by atoms with van der Waals surface area (Å²) >= 11 is 0. The van der Waals surface area contributed by atoms with Crippen LogP contribution < -0.4 is 0 Å². The minimum absolute atomic E-state index is 0.122. The lowest BCUT2D eigenvalue weighted by atomic mass is 10.1. The summed E-state index contributed by atoms with van der Waals surface area (Å²) in [5.41, 5.74) is 1.22. The Hall–Kier alpha value is 0.290. The van der Waals surface area contributed by atoms with E-state index in [1.165, 1.54) is 11.6 Å². The molecule has 1 aliphatic heterocycles. The molecule has 1 aliphatic rings. The molecule has 0 aromatic rings. The molecule has 0 bridgehead atoms. The average Bonchev–Trinajstić information content (AvgIpc) is 2.83. The van der Waals surface area contributed by atoms with Gasteiger partial charge in [-0.2, -0.15) is 0 Å². The zero-order chi connectivity index (χ0) is 19.7. The van der Waals surface area contributed by atoms with Gasteiger partial charge in [-0.1, -0.05) is 4.76 Å². The Kier molecular flexibility index (Phi) is 7.96. The molecular formula is C16H40N7P2+. The highest BCUT2D eigenvalue weighted by Crippen LogP contribution is 2.68. The van der Waals surface area contributed by atoms with Crippen LogP contribution in [0.3, 0.4) is 0 Å². The van der Waals surface area contributed by atoms with Crippen molar-refractivity contribution in [3.63, 3.8) is 0 Å². The fraction of sp³-hybridized carbons (Fsp3) is 0.938. The van der Waals surface area contributed by atoms with Crippen LogP contribution in [0.15, 0.2) is 4.76 Å². The Bertz CT molecular complexity index is 445. The minimum Gasteiger partial charge on any atom is -0.286 e. The van der Waals surface area contributed by atoms with Crippen LogP contribution in [0.2, 0.25) is 0 Å². The first-order chi connectivity index (χ1) is 11.4. The summed E-state index contributed by atoms with van der Waals surface area (Å²) in [6.07, 6.45) is 2.30. The molecule has 9 heteroatoms. The third-order valence-corrected chi connectivity index (χ3v) is 11.5. The molecule has 0 radical (unpaired) electrons. The van der Waals surface area contributed by atoms with Gasteiger partial charge in [-0.05, 0) is 54.9 Å². The molecule has 1 rings (SSSR count). The molecule has 1 fully saturated rings. The Balaban J connectivity index is 3.73. The first-order valence-electron chi connectivity index (χ1n) is 8.68. The Morgan fingerprint density at radius 1 is 0.760 bits per heavy atom. The van der Waals surface area contributed by atoms with Gasteiger partial charge in [0.15, 0.2) is 0 Å². The fourth-order valence-corrected chi connectivity index (χ4v) is 10.2. The lowest BCUT2D eigenvalue weighted by molar-refractivity contribution is 0.0735. The lowest BCUT2D eigenvalue weighted by Crippen LogP contribution is -2.58. The second-order valence-corrected chi connectivity index (χ2v) is 14.0. The molecule has 148 valence electrons. The molecule has 7 nitrogen and oxygen atoms in total. The maximum atomic E-state index is 5.61. The molecule has 0 aliphatic carbocycles. The predicted molar refractivity (Wildman–Crippen MR) is 116 cm³/mol. The van der Waals surface area contributed by atoms with Crippen molar-refractivity contribution in [2.24, 2.45) is 4.76 Å². The quantitative estimate of drug-likeness (QED) is 0.486. The summed E-state index contributed by atoms with van der Waals surface area (Å²) < 4.78 is 14.9. The van der Waals surface area contributed by atoms with Crippen LogP contribution in [0.1, 0.15) is 6.42 Å². The number of hydrogen-bond donors (Lipinski definition) is 0. The highest BCUT2D eigenvalue weighted by atomic mass is 31.2. The summed E-state index contributed by atoms with van der Waals surface area (Å²) in [5, 5.41) is 0. The van der Waals surface area contributed by atoms with Crippen molar-refractivity contribution in [1.29, 1.82) is 0 Å². The van der Waals surface area contributed by atoms with Crippen molar-refractivity contribution in [1.82, 2.24) is 28.5 Å². The Labute approximate surface area is 158 Å². The highest BCUT2D eigenvalue weighted by molar-refractivity contribution is 7.76. The van der Waals surface area contributed by atoms with Crippen LogP contribution in [0.25, 0.3) is 0 Å². The summed E-state index contributed by atoms with van der Waals surface area (Å²) in [5.74, 6) is 0. The van der Waals surface area contributed by atoms with Gasteiger partial charge in [0.2, 0.25) is 0 Å². The van der Waals surface area contributed by atoms with Crippen LogP contribution in [0.5, 0.6) is 0 Å². The Morgan fingerprint density at radius 2 is 1.16 bits per heavy atom. The minimum atomic E-state index is -1.97. The van der Waals surface area contributed by atoms with E-state index in [-0.39, 0.29) is 5.66 Å². The van der Waals surface area contributed by atoms with E-state index < -0.39 is 15.9 Å². The standard InChI is InChI=1S/C16H40N7P2/c1-18(2)16(19(3)4)13-14-24(20(5)6)15(16)17-25(21(7)8,22(9)10)23(11)12/h13-14H2,1-12H3/q+1. The van der Waals surface area contributed by atoms with Crippen LogP contribution in [-0.2, 0) is 0 Å². The van der Waals surface area contributed by atoms with Gasteiger partial charge in [0.1, 0.15) is 11.1 Å². The third-order valence-electron chi connectivity index (χ3n) is 5.08. The molecule has 0 saturated carbocycles. The van der Waals surface area contributed by atoms with Crippen molar-refractivity contribution in [2.45, 2.75) is 12.1 Å². The van der Waals surface area contributed by atoms with E-state index in [0.29, 0.717) is 0 Å². The van der Waals surface area contributed by atoms with E-state index in [9.17, 15) is 0 Å². The number of hydrogen-bond acceptors (Lipinski definition) is 7. The van der Waals surface area contributed by atoms with Crippen molar-refractivity contribution < 1.29 is 0 Å². The molecular weight excluding hydrogens is 352 g/mol. The fourth-order valence-electron chi connectivity index (χ4n) is 3.92. The van der Waals surface area contributed by atoms with Crippen LogP contribution in [0, 0.1) is 0 Å². The van der Waals surface area contributed by atoms with Crippen molar-refractivity contribution in [3.05, 3.63) is 0 Å². The third kappa shape index (κ3) is 3.95. The first-order valence-corrected chi connectivity index (χ1v) is 11.8. The van der Waals surface area contributed by atoms with Crippen molar-refractivity contribution in [2.75, 3.05) is 90.7 Å². The normalized spacial score (nSPS) is 23.4. The second kappa shape index (κ2) is 8.53. The van der Waals surface area contributed by atoms with E-state index in [1.54, 1.807) is 0 Å². The van der Waals surface area contributed by atoms with Crippen molar-refractivity contribution >= 4 is 21.4 Å². The smallest absolute Gasteiger partial charge is 0.286 e. The molecule has 0 aromatic carbocycles. The molecule has 0 spiro atoms. The van der Waals surface area contributed by atoms with Gasteiger partial charge in [0.05, 0.1) is 0 Å². The topological polar surface area (TPSA) is 31.8 Å². The molecule has 0 aromatic heterocycles.